The van der Waals surface area contributed by atoms with Gasteiger partial charge in [-0.2, -0.15) is 0 Å². The molecule has 4 nitrogen and oxygen atoms in total. The van der Waals surface area contributed by atoms with Gasteiger partial charge in [0.25, 0.3) is 0 Å². The van der Waals surface area contributed by atoms with Crippen molar-refractivity contribution in [3.8, 4) is 11.6 Å². The van der Waals surface area contributed by atoms with Gasteiger partial charge in [-0.1, -0.05) is 23.8 Å². The molecule has 0 amide bonds. The highest BCUT2D eigenvalue weighted by molar-refractivity contribution is 9.10. The molecule has 0 unspecified atom stereocenters. The van der Waals surface area contributed by atoms with Crippen LogP contribution in [0.5, 0.6) is 11.6 Å². The van der Waals surface area contributed by atoms with E-state index >= 15 is 0 Å². The molecule has 0 bridgehead atoms. The summed E-state index contributed by atoms with van der Waals surface area (Å²) in [5, 5.41) is 0.600. The first-order valence-electron chi connectivity index (χ1n) is 4.81. The summed E-state index contributed by atoms with van der Waals surface area (Å²) < 4.78 is 6.31. The monoisotopic (exact) mass is 343 g/mol. The maximum absolute atomic E-state index is 5.85. The van der Waals surface area contributed by atoms with Gasteiger partial charge in [-0.3, -0.25) is 0 Å². The Bertz CT molecular complexity index is 609. The molecular formula is C11H7BrClN3OS. The van der Waals surface area contributed by atoms with Gasteiger partial charge in [0.1, 0.15) is 10.7 Å². The molecule has 2 aromatic rings. The highest BCUT2D eigenvalue weighted by Gasteiger charge is 2.12. The van der Waals surface area contributed by atoms with Crippen LogP contribution in [0.1, 0.15) is 5.69 Å². The Morgan fingerprint density at radius 3 is 2.72 bits per heavy atom. The third-order valence-corrected chi connectivity index (χ3v) is 3.05. The van der Waals surface area contributed by atoms with E-state index < -0.39 is 0 Å². The number of nitrogens with zero attached hydrogens (tertiary/aromatic N) is 2. The molecule has 1 aromatic heterocycles. The number of aromatic nitrogens is 2. The fourth-order valence-corrected chi connectivity index (χ4v) is 2.13. The van der Waals surface area contributed by atoms with E-state index in [0.29, 0.717) is 20.9 Å². The number of halogens is 2. The summed E-state index contributed by atoms with van der Waals surface area (Å²) in [6, 6.07) is 5.14. The van der Waals surface area contributed by atoms with Crippen molar-refractivity contribution >= 4 is 44.7 Å². The van der Waals surface area contributed by atoms with Gasteiger partial charge in [0.05, 0.1) is 4.47 Å². The summed E-state index contributed by atoms with van der Waals surface area (Å²) in [7, 11) is 0. The molecule has 0 fully saturated rings. The van der Waals surface area contributed by atoms with Crippen molar-refractivity contribution in [2.45, 2.75) is 0 Å². The second-order valence-corrected chi connectivity index (χ2v) is 4.98. The molecule has 0 atom stereocenters. The second-order valence-electron chi connectivity index (χ2n) is 3.25. The minimum atomic E-state index is 0.128. The molecule has 2 rings (SSSR count). The van der Waals surface area contributed by atoms with Gasteiger partial charge in [0.15, 0.2) is 5.69 Å². The van der Waals surface area contributed by atoms with Crippen molar-refractivity contribution in [2.75, 3.05) is 0 Å². The molecule has 92 valence electrons. The van der Waals surface area contributed by atoms with Crippen LogP contribution in [0.4, 0.5) is 0 Å². The predicted octanol–water partition coefficient (Wildman–Crippen LogP) is 3.32. The average molecular weight is 345 g/mol. The van der Waals surface area contributed by atoms with Crippen molar-refractivity contribution in [1.29, 1.82) is 0 Å². The average Bonchev–Trinajstić information content (AvgIpc) is 2.33. The zero-order chi connectivity index (χ0) is 13.1. The van der Waals surface area contributed by atoms with E-state index in [1.54, 1.807) is 18.2 Å². The van der Waals surface area contributed by atoms with E-state index in [1.807, 2.05) is 0 Å². The number of nitrogens with two attached hydrogens (primary N) is 1. The standard InChI is InChI=1S/C11H7BrClN3OS/c12-7-5-6(13)1-2-8(7)17-11-9(10(14)18)15-3-4-16-11/h1-5H,(H2,14,18). The van der Waals surface area contributed by atoms with E-state index in [2.05, 4.69) is 25.9 Å². The fraction of sp³-hybridized carbons (Fsp3) is 0. The Morgan fingerprint density at radius 2 is 2.06 bits per heavy atom. The Hall–Kier alpha value is -1.24. The molecule has 0 aliphatic heterocycles. The predicted molar refractivity (Wildman–Crippen MR) is 77.1 cm³/mol. The first-order chi connectivity index (χ1) is 8.58. The lowest BCUT2D eigenvalue weighted by atomic mass is 10.3. The van der Waals surface area contributed by atoms with Gasteiger partial charge < -0.3 is 10.5 Å². The molecule has 0 saturated heterocycles. The molecule has 1 aromatic carbocycles. The van der Waals surface area contributed by atoms with Crippen LogP contribution >= 0.6 is 39.7 Å². The van der Waals surface area contributed by atoms with Gasteiger partial charge in [-0.15, -0.1) is 0 Å². The van der Waals surface area contributed by atoms with Gasteiger partial charge >= 0.3 is 0 Å². The van der Waals surface area contributed by atoms with Gasteiger partial charge in [-0.25, -0.2) is 9.97 Å². The summed E-state index contributed by atoms with van der Waals surface area (Å²) in [4.78, 5) is 8.21. The normalized spacial score (nSPS) is 10.1. The number of ether oxygens (including phenoxy) is 1. The molecule has 1 heterocycles. The lowest BCUT2D eigenvalue weighted by Crippen LogP contribution is -2.13. The summed E-state index contributed by atoms with van der Waals surface area (Å²) in [5.41, 5.74) is 5.89. The van der Waals surface area contributed by atoms with Crippen LogP contribution in [0, 0.1) is 0 Å². The van der Waals surface area contributed by atoms with Gasteiger partial charge in [0, 0.05) is 17.4 Å². The fourth-order valence-electron chi connectivity index (χ4n) is 1.23. The molecular weight excluding hydrogens is 338 g/mol. The van der Waals surface area contributed by atoms with Crippen molar-refractivity contribution in [1.82, 2.24) is 9.97 Å². The molecule has 0 aliphatic rings. The van der Waals surface area contributed by atoms with Crippen LogP contribution in [0.2, 0.25) is 5.02 Å². The maximum atomic E-state index is 5.85. The summed E-state index contributed by atoms with van der Waals surface area (Å²) in [5.74, 6) is 0.811. The van der Waals surface area contributed by atoms with Crippen molar-refractivity contribution in [3.63, 3.8) is 0 Å². The van der Waals surface area contributed by atoms with E-state index in [0.717, 1.165) is 0 Å². The van der Waals surface area contributed by atoms with Crippen LogP contribution in [0.25, 0.3) is 0 Å². The van der Waals surface area contributed by atoms with Gasteiger partial charge in [0.2, 0.25) is 5.88 Å². The summed E-state index contributed by atoms with van der Waals surface area (Å²) in [6.45, 7) is 0. The molecule has 0 aliphatic carbocycles. The van der Waals surface area contributed by atoms with Crippen LogP contribution in [-0.2, 0) is 0 Å². The first-order valence-corrected chi connectivity index (χ1v) is 6.39. The summed E-state index contributed by atoms with van der Waals surface area (Å²) >= 11 is 14.1. The van der Waals surface area contributed by atoms with E-state index in [9.17, 15) is 0 Å². The Balaban J connectivity index is 2.37. The number of hydrogen-bond donors (Lipinski definition) is 1. The zero-order valence-electron chi connectivity index (χ0n) is 8.93. The van der Waals surface area contributed by atoms with Gasteiger partial charge in [-0.05, 0) is 34.1 Å². The molecule has 0 radical (unpaired) electrons. The number of thiocarbonyl (C=S) groups is 1. The minimum Gasteiger partial charge on any atom is -0.436 e. The van der Waals surface area contributed by atoms with E-state index in [-0.39, 0.29) is 10.9 Å². The van der Waals surface area contributed by atoms with Crippen LogP contribution < -0.4 is 10.5 Å². The number of benzene rings is 1. The SMILES string of the molecule is NC(=S)c1nccnc1Oc1ccc(Cl)cc1Br. The number of hydrogen-bond acceptors (Lipinski definition) is 4. The lowest BCUT2D eigenvalue weighted by molar-refractivity contribution is 0.456. The second kappa shape index (κ2) is 5.60. The molecule has 18 heavy (non-hydrogen) atoms. The quantitative estimate of drug-likeness (QED) is 0.866. The topological polar surface area (TPSA) is 61.0 Å². The van der Waals surface area contributed by atoms with Crippen molar-refractivity contribution < 1.29 is 4.74 Å². The van der Waals surface area contributed by atoms with E-state index in [1.165, 1.54) is 12.4 Å². The first kappa shape index (κ1) is 13.2. The third kappa shape index (κ3) is 2.95. The summed E-state index contributed by atoms with van der Waals surface area (Å²) in [6.07, 6.45) is 3.00. The molecule has 2 N–H and O–H groups in total. The lowest BCUT2D eigenvalue weighted by Gasteiger charge is -2.09. The highest BCUT2D eigenvalue weighted by atomic mass is 79.9. The number of rotatable bonds is 3. The molecule has 0 spiro atoms. The van der Waals surface area contributed by atoms with Crippen LogP contribution in [-0.4, -0.2) is 15.0 Å². The Morgan fingerprint density at radius 1 is 1.33 bits per heavy atom. The maximum Gasteiger partial charge on any atom is 0.248 e. The van der Waals surface area contributed by atoms with E-state index in [4.69, 9.17) is 34.3 Å². The third-order valence-electron chi connectivity index (χ3n) is 2.00. The minimum absolute atomic E-state index is 0.128. The van der Waals surface area contributed by atoms with Crippen LogP contribution in [0.15, 0.2) is 35.1 Å². The van der Waals surface area contributed by atoms with Crippen LogP contribution in [0.3, 0.4) is 0 Å². The molecule has 7 heteroatoms. The zero-order valence-corrected chi connectivity index (χ0v) is 12.1. The van der Waals surface area contributed by atoms with Crippen molar-refractivity contribution in [3.05, 3.63) is 45.8 Å². The highest BCUT2D eigenvalue weighted by Crippen LogP contribution is 2.31. The smallest absolute Gasteiger partial charge is 0.248 e. The Kier molecular flexibility index (Phi) is 4.11. The molecule has 0 saturated carbocycles. The van der Waals surface area contributed by atoms with Crippen molar-refractivity contribution in [2.24, 2.45) is 5.73 Å². The largest absolute Gasteiger partial charge is 0.436 e. The Labute approximate surface area is 122 Å².